The Balaban J connectivity index is 1.65. The van der Waals surface area contributed by atoms with Crippen molar-refractivity contribution in [2.75, 3.05) is 5.75 Å². The van der Waals surface area contributed by atoms with E-state index in [-0.39, 0.29) is 0 Å². The number of hydrogen-bond acceptors (Lipinski definition) is 2. The van der Waals surface area contributed by atoms with Gasteiger partial charge in [-0.25, -0.2) is 0 Å². The van der Waals surface area contributed by atoms with Crippen molar-refractivity contribution in [2.45, 2.75) is 31.8 Å². The lowest BCUT2D eigenvalue weighted by atomic mass is 10.1. The van der Waals surface area contributed by atoms with Crippen molar-refractivity contribution in [3.63, 3.8) is 0 Å². The minimum absolute atomic E-state index is 0.663. The van der Waals surface area contributed by atoms with Crippen molar-refractivity contribution in [3.05, 3.63) is 34.9 Å². The van der Waals surface area contributed by atoms with E-state index in [0.29, 0.717) is 12.6 Å². The predicted octanol–water partition coefficient (Wildman–Crippen LogP) is 3.70. The molecule has 1 aromatic rings. The first kappa shape index (κ1) is 12.4. The zero-order valence-electron chi connectivity index (χ0n) is 10.2. The largest absolute Gasteiger partial charge is 0.362 e. The summed E-state index contributed by atoms with van der Waals surface area (Å²) in [6.07, 6.45) is 4.04. The average Bonchev–Trinajstić information content (AvgIpc) is 2.85. The lowest BCUT2D eigenvalue weighted by molar-refractivity contribution is 0.489. The number of benzene rings is 1. The zero-order chi connectivity index (χ0) is 12.4. The Morgan fingerprint density at radius 1 is 1.33 bits per heavy atom. The third kappa shape index (κ3) is 2.67. The molecule has 4 heteroatoms. The molecule has 0 radical (unpaired) electrons. The van der Waals surface area contributed by atoms with E-state index in [1.807, 2.05) is 36.0 Å². The molecule has 0 aromatic heterocycles. The van der Waals surface area contributed by atoms with Gasteiger partial charge in [-0.15, -0.1) is 0 Å². The zero-order valence-corrected chi connectivity index (χ0v) is 11.8. The highest BCUT2D eigenvalue weighted by molar-refractivity contribution is 8.13. The Hall–Kier alpha value is -0.670. The van der Waals surface area contributed by atoms with Gasteiger partial charge in [0.05, 0.1) is 6.54 Å². The first-order chi connectivity index (χ1) is 8.83. The Labute approximate surface area is 117 Å². The van der Waals surface area contributed by atoms with E-state index in [0.717, 1.165) is 21.7 Å². The maximum Gasteiger partial charge on any atom is 0.157 e. The average molecular weight is 281 g/mol. The predicted molar refractivity (Wildman–Crippen MR) is 79.3 cm³/mol. The highest BCUT2D eigenvalue weighted by Crippen LogP contribution is 2.33. The van der Waals surface area contributed by atoms with Crippen LogP contribution in [-0.2, 0) is 6.54 Å². The summed E-state index contributed by atoms with van der Waals surface area (Å²) in [4.78, 5) is 4.66. The summed E-state index contributed by atoms with van der Waals surface area (Å²) < 4.78 is 0. The molecule has 96 valence electrons. The van der Waals surface area contributed by atoms with Crippen molar-refractivity contribution in [1.29, 1.82) is 0 Å². The van der Waals surface area contributed by atoms with Crippen LogP contribution in [0.1, 0.15) is 24.8 Å². The van der Waals surface area contributed by atoms with Crippen molar-refractivity contribution >= 4 is 28.5 Å². The van der Waals surface area contributed by atoms with Gasteiger partial charge < -0.3 is 5.32 Å². The van der Waals surface area contributed by atoms with Gasteiger partial charge in [-0.05, 0) is 30.4 Å². The molecular weight excluding hydrogens is 264 g/mol. The van der Waals surface area contributed by atoms with Gasteiger partial charge in [0.1, 0.15) is 0 Å². The second-order valence-electron chi connectivity index (χ2n) is 4.97. The second-order valence-corrected chi connectivity index (χ2v) is 6.38. The van der Waals surface area contributed by atoms with Gasteiger partial charge in [-0.3, -0.25) is 4.99 Å². The molecule has 0 spiro atoms. The van der Waals surface area contributed by atoms with E-state index in [1.54, 1.807) is 0 Å². The summed E-state index contributed by atoms with van der Waals surface area (Å²) in [6, 6.07) is 8.59. The smallest absolute Gasteiger partial charge is 0.157 e. The molecular formula is C14H17ClN2S. The van der Waals surface area contributed by atoms with Crippen LogP contribution in [0.5, 0.6) is 0 Å². The summed E-state index contributed by atoms with van der Waals surface area (Å²) in [5, 5.41) is 5.48. The van der Waals surface area contributed by atoms with Gasteiger partial charge in [0.25, 0.3) is 0 Å². The third-order valence-electron chi connectivity index (χ3n) is 3.75. The number of nitrogens with zero attached hydrogens (tertiary/aromatic N) is 1. The van der Waals surface area contributed by atoms with Crippen LogP contribution in [0, 0.1) is 5.92 Å². The Bertz CT molecular complexity index is 461. The van der Waals surface area contributed by atoms with E-state index < -0.39 is 0 Å². The summed E-state index contributed by atoms with van der Waals surface area (Å²) in [7, 11) is 0. The number of aliphatic imine (C=N–C) groups is 1. The van der Waals surface area contributed by atoms with Crippen LogP contribution in [-0.4, -0.2) is 17.0 Å². The number of thioether (sulfide) groups is 1. The van der Waals surface area contributed by atoms with Crippen LogP contribution in [0.4, 0.5) is 0 Å². The molecule has 1 saturated carbocycles. The number of hydrogen-bond donors (Lipinski definition) is 1. The molecule has 1 aromatic carbocycles. The fraction of sp³-hybridized carbons (Fsp3) is 0.500. The normalized spacial score (nSPS) is 29.1. The van der Waals surface area contributed by atoms with Crippen molar-refractivity contribution < 1.29 is 0 Å². The Morgan fingerprint density at radius 3 is 3.11 bits per heavy atom. The monoisotopic (exact) mass is 280 g/mol. The Kier molecular flexibility index (Phi) is 3.80. The molecule has 2 atom stereocenters. The third-order valence-corrected chi connectivity index (χ3v) is 5.24. The van der Waals surface area contributed by atoms with Crippen LogP contribution in [0.15, 0.2) is 29.3 Å². The summed E-state index contributed by atoms with van der Waals surface area (Å²) in [6.45, 7) is 0.673. The number of rotatable bonds is 2. The molecule has 18 heavy (non-hydrogen) atoms. The molecule has 2 aliphatic rings. The fourth-order valence-corrected chi connectivity index (χ4v) is 4.04. The highest BCUT2D eigenvalue weighted by atomic mass is 35.5. The lowest BCUT2D eigenvalue weighted by Gasteiger charge is -2.28. The first-order valence-corrected chi connectivity index (χ1v) is 7.86. The summed E-state index contributed by atoms with van der Waals surface area (Å²) >= 11 is 8.00. The SMILES string of the molecule is Clc1ccccc1CN=C1NC2CCCC2CS1. The highest BCUT2D eigenvalue weighted by Gasteiger charge is 2.31. The van der Waals surface area contributed by atoms with Crippen LogP contribution in [0.25, 0.3) is 0 Å². The topological polar surface area (TPSA) is 24.4 Å². The van der Waals surface area contributed by atoms with Crippen molar-refractivity contribution in [1.82, 2.24) is 5.32 Å². The van der Waals surface area contributed by atoms with Gasteiger partial charge >= 0.3 is 0 Å². The molecule has 2 nitrogen and oxygen atoms in total. The number of amidine groups is 1. The van der Waals surface area contributed by atoms with Crippen molar-refractivity contribution in [2.24, 2.45) is 10.9 Å². The second kappa shape index (κ2) is 5.54. The van der Waals surface area contributed by atoms with Gasteiger partial charge in [-0.2, -0.15) is 0 Å². The Morgan fingerprint density at radius 2 is 2.22 bits per heavy atom. The summed E-state index contributed by atoms with van der Waals surface area (Å²) in [5.41, 5.74) is 1.10. The van der Waals surface area contributed by atoms with Gasteiger partial charge in [0, 0.05) is 16.8 Å². The van der Waals surface area contributed by atoms with Crippen molar-refractivity contribution in [3.8, 4) is 0 Å². The fourth-order valence-electron chi connectivity index (χ4n) is 2.69. The van der Waals surface area contributed by atoms with Gasteiger partial charge in [-0.1, -0.05) is 48.0 Å². The van der Waals surface area contributed by atoms with Crippen LogP contribution in [0.3, 0.4) is 0 Å². The van der Waals surface area contributed by atoms with Gasteiger partial charge in [0.15, 0.2) is 5.17 Å². The molecule has 0 bridgehead atoms. The number of fused-ring (bicyclic) bond motifs is 1. The van der Waals surface area contributed by atoms with E-state index >= 15 is 0 Å². The molecule has 1 N–H and O–H groups in total. The summed E-state index contributed by atoms with van der Waals surface area (Å²) in [5.74, 6) is 2.08. The van der Waals surface area contributed by atoms with Crippen LogP contribution in [0.2, 0.25) is 5.02 Å². The maximum absolute atomic E-state index is 6.13. The van der Waals surface area contributed by atoms with E-state index in [1.165, 1.54) is 25.0 Å². The van der Waals surface area contributed by atoms with E-state index in [9.17, 15) is 0 Å². The van der Waals surface area contributed by atoms with Gasteiger partial charge in [0.2, 0.25) is 0 Å². The first-order valence-electron chi connectivity index (χ1n) is 6.50. The van der Waals surface area contributed by atoms with Crippen LogP contribution >= 0.6 is 23.4 Å². The van der Waals surface area contributed by atoms with Crippen LogP contribution < -0.4 is 5.32 Å². The standard InChI is InChI=1S/C14H17ClN2S/c15-12-6-2-1-4-10(12)8-16-14-17-13-7-3-5-11(13)9-18-14/h1-2,4,6,11,13H,3,5,7-9H2,(H,16,17). The minimum atomic E-state index is 0.663. The minimum Gasteiger partial charge on any atom is -0.362 e. The molecule has 0 amide bonds. The maximum atomic E-state index is 6.13. The molecule has 1 aliphatic carbocycles. The lowest BCUT2D eigenvalue weighted by Crippen LogP contribution is -2.41. The molecule has 1 saturated heterocycles. The number of halogens is 1. The van der Waals surface area contributed by atoms with E-state index in [4.69, 9.17) is 11.6 Å². The number of nitrogens with one attached hydrogen (secondary N) is 1. The molecule has 2 unspecified atom stereocenters. The molecule has 1 heterocycles. The molecule has 1 aliphatic heterocycles. The molecule has 2 fully saturated rings. The molecule has 3 rings (SSSR count). The van der Waals surface area contributed by atoms with E-state index in [2.05, 4.69) is 10.3 Å². The quantitative estimate of drug-likeness (QED) is 0.893.